The van der Waals surface area contributed by atoms with E-state index in [1.807, 2.05) is 30.3 Å². The summed E-state index contributed by atoms with van der Waals surface area (Å²) in [7, 11) is 0. The summed E-state index contributed by atoms with van der Waals surface area (Å²) in [6.45, 7) is 0.980. The number of rotatable bonds is 4. The van der Waals surface area contributed by atoms with Crippen LogP contribution in [-0.2, 0) is 0 Å². The Hall–Kier alpha value is -5.65. The summed E-state index contributed by atoms with van der Waals surface area (Å²) >= 11 is 0. The lowest BCUT2D eigenvalue weighted by Crippen LogP contribution is -2.29. The van der Waals surface area contributed by atoms with Crippen LogP contribution in [0.1, 0.15) is 49.4 Å². The van der Waals surface area contributed by atoms with E-state index in [1.54, 1.807) is 30.6 Å². The third-order valence-corrected chi connectivity index (χ3v) is 9.10. The van der Waals surface area contributed by atoms with Crippen LogP contribution in [0.3, 0.4) is 0 Å². The number of fused-ring (bicyclic) bond motifs is 4. The lowest BCUT2D eigenvalue weighted by molar-refractivity contribution is 0.138. The van der Waals surface area contributed by atoms with E-state index >= 15 is 0 Å². The first-order valence-corrected chi connectivity index (χ1v) is 14.9. The normalized spacial score (nSPS) is 18.5. The lowest BCUT2D eigenvalue weighted by Gasteiger charge is -2.19. The molecule has 4 N–H and O–H groups in total. The average Bonchev–Trinajstić information content (AvgIpc) is 3.86. The second-order valence-corrected chi connectivity index (χ2v) is 11.6. The van der Waals surface area contributed by atoms with Crippen molar-refractivity contribution < 1.29 is 24.2 Å². The van der Waals surface area contributed by atoms with Crippen LogP contribution in [0.4, 0.5) is 9.59 Å². The minimum atomic E-state index is -0.956. The molecule has 2 aliphatic rings. The highest BCUT2D eigenvalue weighted by atomic mass is 16.4. The number of hydrogen-bond acceptors (Lipinski definition) is 6. The molecule has 6 aromatic rings. The second-order valence-electron chi connectivity index (χ2n) is 11.6. The molecule has 3 aromatic carbocycles. The monoisotopic (exact) mass is 604 g/mol. The van der Waals surface area contributed by atoms with E-state index < -0.39 is 12.2 Å². The highest BCUT2D eigenvalue weighted by Gasteiger charge is 2.33. The van der Waals surface area contributed by atoms with Gasteiger partial charge in [0.1, 0.15) is 22.8 Å². The third-order valence-electron chi connectivity index (χ3n) is 9.10. The fourth-order valence-corrected chi connectivity index (χ4v) is 6.88. The molecule has 0 saturated carbocycles. The van der Waals surface area contributed by atoms with E-state index in [0.717, 1.165) is 46.9 Å². The van der Waals surface area contributed by atoms with Crippen molar-refractivity contribution in [2.75, 3.05) is 13.1 Å². The number of benzene rings is 3. The van der Waals surface area contributed by atoms with Crippen LogP contribution in [0.15, 0.2) is 70.1 Å². The zero-order chi connectivity index (χ0) is 30.8. The molecule has 12 nitrogen and oxygen atoms in total. The molecule has 226 valence electrons. The maximum atomic E-state index is 13.8. The van der Waals surface area contributed by atoms with Crippen molar-refractivity contribution in [1.29, 1.82) is 0 Å². The molecule has 2 aliphatic heterocycles. The molecule has 3 aromatic heterocycles. The van der Waals surface area contributed by atoms with Crippen molar-refractivity contribution in [2.24, 2.45) is 0 Å². The molecule has 0 radical (unpaired) electrons. The molecule has 12 heteroatoms. The average molecular weight is 605 g/mol. The fraction of sp³-hybridized carbons (Fsp3) is 0.242. The number of carbonyl (C=O) groups is 2. The van der Waals surface area contributed by atoms with Crippen molar-refractivity contribution in [2.45, 2.75) is 37.8 Å². The Labute approximate surface area is 254 Å². The van der Waals surface area contributed by atoms with Crippen LogP contribution in [0.5, 0.6) is 0 Å². The van der Waals surface area contributed by atoms with Gasteiger partial charge < -0.3 is 24.6 Å². The Morgan fingerprint density at radius 1 is 0.756 bits per heavy atom. The molecule has 2 saturated heterocycles. The number of nitrogens with one attached hydrogen (secondary N) is 2. The first-order valence-electron chi connectivity index (χ1n) is 14.9. The Kier molecular flexibility index (Phi) is 6.12. The van der Waals surface area contributed by atoms with Gasteiger partial charge in [-0.05, 0) is 60.7 Å². The molecular weight excluding hydrogens is 576 g/mol. The summed E-state index contributed by atoms with van der Waals surface area (Å²) in [4.78, 5) is 55.4. The maximum Gasteiger partial charge on any atom is 0.407 e. The predicted octanol–water partition coefficient (Wildman–Crippen LogP) is 6.51. The molecule has 0 aliphatic carbocycles. The summed E-state index contributed by atoms with van der Waals surface area (Å²) < 4.78 is 6.27. The van der Waals surface area contributed by atoms with Crippen molar-refractivity contribution in [3.8, 4) is 22.5 Å². The SMILES string of the molecule is O=C(O)N1CCC[C@H]1c1ncc(-c2ccc3c(ccc4oc5cc(-c6cnc([C@@H]7CCCN7C(=O)O)[nH]6)ccc5c(=O)c43)c2)[nH]1. The molecule has 2 fully saturated rings. The minimum absolute atomic E-state index is 0.136. The number of carboxylic acid groups (broad SMARTS) is 2. The summed E-state index contributed by atoms with van der Waals surface area (Å²) in [5.41, 5.74) is 3.91. The molecule has 45 heavy (non-hydrogen) atoms. The van der Waals surface area contributed by atoms with Gasteiger partial charge in [-0.1, -0.05) is 24.3 Å². The molecule has 8 rings (SSSR count). The van der Waals surface area contributed by atoms with Gasteiger partial charge in [-0.15, -0.1) is 0 Å². The molecular formula is C33H28N6O6. The molecule has 5 heterocycles. The Balaban J connectivity index is 1.13. The van der Waals surface area contributed by atoms with E-state index in [0.29, 0.717) is 58.8 Å². The van der Waals surface area contributed by atoms with Gasteiger partial charge in [0.2, 0.25) is 5.43 Å². The smallest absolute Gasteiger partial charge is 0.407 e. The number of H-pyrrole nitrogens is 2. The number of imidazole rings is 2. The molecule has 0 bridgehead atoms. The summed E-state index contributed by atoms with van der Waals surface area (Å²) in [6, 6.07) is 14.3. The van der Waals surface area contributed by atoms with Gasteiger partial charge in [0.05, 0.1) is 46.6 Å². The van der Waals surface area contributed by atoms with Crippen molar-refractivity contribution in [1.82, 2.24) is 29.7 Å². The lowest BCUT2D eigenvalue weighted by atomic mass is 10.0. The minimum Gasteiger partial charge on any atom is -0.465 e. The van der Waals surface area contributed by atoms with Crippen LogP contribution in [0.2, 0.25) is 0 Å². The van der Waals surface area contributed by atoms with Crippen LogP contribution in [-0.4, -0.2) is 65.2 Å². The number of nitrogens with zero attached hydrogens (tertiary/aromatic N) is 4. The van der Waals surface area contributed by atoms with Gasteiger partial charge in [-0.2, -0.15) is 0 Å². The number of aromatic nitrogens is 4. The molecule has 2 atom stereocenters. The first-order chi connectivity index (χ1) is 21.9. The summed E-state index contributed by atoms with van der Waals surface area (Å²) in [5.74, 6) is 1.23. The van der Waals surface area contributed by atoms with Crippen LogP contribution in [0.25, 0.3) is 55.2 Å². The Bertz CT molecular complexity index is 2220. The first kappa shape index (κ1) is 26.9. The summed E-state index contributed by atoms with van der Waals surface area (Å²) in [5, 5.41) is 21.6. The highest BCUT2D eigenvalue weighted by Crippen LogP contribution is 2.35. The Morgan fingerprint density at radius 3 is 1.93 bits per heavy atom. The second kappa shape index (κ2) is 10.2. The van der Waals surface area contributed by atoms with E-state index in [2.05, 4.69) is 19.9 Å². The van der Waals surface area contributed by atoms with Crippen LogP contribution in [0, 0.1) is 0 Å². The molecule has 0 unspecified atom stereocenters. The van der Waals surface area contributed by atoms with Crippen molar-refractivity contribution >= 4 is 44.9 Å². The number of amides is 2. The zero-order valence-electron chi connectivity index (χ0n) is 24.0. The quantitative estimate of drug-likeness (QED) is 0.130. The summed E-state index contributed by atoms with van der Waals surface area (Å²) in [6.07, 6.45) is 4.51. The maximum absolute atomic E-state index is 13.8. The van der Waals surface area contributed by atoms with Crippen LogP contribution >= 0.6 is 0 Å². The molecule has 2 amide bonds. The zero-order valence-corrected chi connectivity index (χ0v) is 24.0. The topological polar surface area (TPSA) is 169 Å². The highest BCUT2D eigenvalue weighted by molar-refractivity contribution is 6.09. The Morgan fingerprint density at radius 2 is 1.33 bits per heavy atom. The van der Waals surface area contributed by atoms with Gasteiger partial charge in [-0.3, -0.25) is 14.6 Å². The number of likely N-dealkylation sites (tertiary alicyclic amines) is 2. The van der Waals surface area contributed by atoms with Gasteiger partial charge in [0.25, 0.3) is 0 Å². The van der Waals surface area contributed by atoms with Gasteiger partial charge in [0, 0.05) is 24.2 Å². The fourth-order valence-electron chi connectivity index (χ4n) is 6.88. The van der Waals surface area contributed by atoms with E-state index in [4.69, 9.17) is 4.42 Å². The predicted molar refractivity (Wildman–Crippen MR) is 166 cm³/mol. The standard InChI is InChI=1S/C33H28N6O6/c40-29-21-9-6-19(23-16-35-31(37-23)25-4-2-12-39(25)33(43)44)14-27(21)45-26-10-7-17-13-18(5-8-20(17)28(26)29)22-15-34-30(36-22)24-3-1-11-38(24)32(41)42/h5-10,13-16,24-25H,1-4,11-12H2,(H,34,36)(H,35,37)(H,41,42)(H,43,44)/t24-,25-/m0/s1. The van der Waals surface area contributed by atoms with E-state index in [9.17, 15) is 24.6 Å². The van der Waals surface area contributed by atoms with Gasteiger partial charge in [0.15, 0.2) is 0 Å². The van der Waals surface area contributed by atoms with Crippen LogP contribution < -0.4 is 5.43 Å². The molecule has 0 spiro atoms. The van der Waals surface area contributed by atoms with E-state index in [1.165, 1.54) is 9.80 Å². The number of hydrogen-bond donors (Lipinski definition) is 4. The van der Waals surface area contributed by atoms with E-state index in [-0.39, 0.29) is 17.5 Å². The third kappa shape index (κ3) is 4.40. The van der Waals surface area contributed by atoms with Gasteiger partial charge >= 0.3 is 12.2 Å². The number of aromatic amines is 2. The largest absolute Gasteiger partial charge is 0.465 e. The van der Waals surface area contributed by atoms with Crippen molar-refractivity contribution in [3.63, 3.8) is 0 Å². The van der Waals surface area contributed by atoms with Crippen molar-refractivity contribution in [3.05, 3.63) is 82.8 Å². The van der Waals surface area contributed by atoms with Gasteiger partial charge in [-0.25, -0.2) is 19.6 Å².